The Labute approximate surface area is 95.1 Å². The van der Waals surface area contributed by atoms with Crippen LogP contribution in [0.5, 0.6) is 0 Å². The largest absolute Gasteiger partial charge is 0.344 e. The second-order valence-corrected chi connectivity index (χ2v) is 5.10. The van der Waals surface area contributed by atoms with Crippen molar-refractivity contribution in [2.24, 2.45) is 4.40 Å². The molecule has 1 heterocycles. The van der Waals surface area contributed by atoms with E-state index in [4.69, 9.17) is 0 Å². The highest BCUT2D eigenvalue weighted by Crippen LogP contribution is 2.14. The molecular formula is C11H12N2O2S. The van der Waals surface area contributed by atoms with Gasteiger partial charge in [0.2, 0.25) is 0 Å². The molecule has 1 aliphatic rings. The van der Waals surface area contributed by atoms with E-state index in [0.29, 0.717) is 12.3 Å². The van der Waals surface area contributed by atoms with Crippen LogP contribution in [0, 0.1) is 0 Å². The topological polar surface area (TPSA) is 49.7 Å². The first-order valence-corrected chi connectivity index (χ1v) is 6.28. The SMILES string of the molecule is CC1=NS(=O)(=O)N(Cc2ccccc2)C=C1. The molecule has 0 radical (unpaired) electrons. The summed E-state index contributed by atoms with van der Waals surface area (Å²) in [4.78, 5) is 0. The normalized spacial score (nSPS) is 18.3. The lowest BCUT2D eigenvalue weighted by Crippen LogP contribution is -2.26. The van der Waals surface area contributed by atoms with Crippen LogP contribution in [0.25, 0.3) is 0 Å². The fourth-order valence-electron chi connectivity index (χ4n) is 1.43. The predicted octanol–water partition coefficient (Wildman–Crippen LogP) is 1.72. The third-order valence-corrected chi connectivity index (χ3v) is 3.58. The van der Waals surface area contributed by atoms with Crippen LogP contribution in [-0.2, 0) is 16.8 Å². The van der Waals surface area contributed by atoms with E-state index in [2.05, 4.69) is 4.40 Å². The molecule has 16 heavy (non-hydrogen) atoms. The van der Waals surface area contributed by atoms with Gasteiger partial charge in [-0.3, -0.25) is 4.31 Å². The Bertz CT molecular complexity index is 532. The summed E-state index contributed by atoms with van der Waals surface area (Å²) in [6.45, 7) is 1.98. The number of nitrogens with zero attached hydrogens (tertiary/aromatic N) is 2. The Hall–Kier alpha value is -1.62. The fourth-order valence-corrected chi connectivity index (χ4v) is 2.49. The van der Waals surface area contributed by atoms with E-state index in [9.17, 15) is 8.42 Å². The zero-order valence-electron chi connectivity index (χ0n) is 8.87. The summed E-state index contributed by atoms with van der Waals surface area (Å²) in [6, 6.07) is 9.42. The number of benzene rings is 1. The van der Waals surface area contributed by atoms with Gasteiger partial charge in [0, 0.05) is 6.20 Å². The number of hydrogen-bond donors (Lipinski definition) is 0. The number of allylic oxidation sites excluding steroid dienone is 1. The van der Waals surface area contributed by atoms with Crippen molar-refractivity contribution in [3.63, 3.8) is 0 Å². The van der Waals surface area contributed by atoms with Gasteiger partial charge < -0.3 is 0 Å². The van der Waals surface area contributed by atoms with Gasteiger partial charge in [-0.15, -0.1) is 0 Å². The third kappa shape index (κ3) is 2.30. The number of hydrogen-bond acceptors (Lipinski definition) is 2. The average Bonchev–Trinajstić information content (AvgIpc) is 2.23. The Morgan fingerprint density at radius 3 is 2.56 bits per heavy atom. The Morgan fingerprint density at radius 1 is 1.25 bits per heavy atom. The van der Waals surface area contributed by atoms with Gasteiger partial charge in [-0.25, -0.2) is 0 Å². The van der Waals surface area contributed by atoms with Crippen molar-refractivity contribution in [2.75, 3.05) is 0 Å². The molecule has 0 aromatic heterocycles. The molecule has 5 heteroatoms. The first kappa shape index (κ1) is 10.9. The molecule has 84 valence electrons. The van der Waals surface area contributed by atoms with Crippen molar-refractivity contribution in [2.45, 2.75) is 13.5 Å². The molecule has 0 saturated carbocycles. The maximum atomic E-state index is 11.7. The van der Waals surface area contributed by atoms with Crippen molar-refractivity contribution >= 4 is 15.9 Å². The minimum absolute atomic E-state index is 0.316. The molecule has 1 aliphatic heterocycles. The quantitative estimate of drug-likeness (QED) is 0.785. The van der Waals surface area contributed by atoms with Crippen LogP contribution in [0.2, 0.25) is 0 Å². The van der Waals surface area contributed by atoms with Crippen molar-refractivity contribution in [3.05, 3.63) is 48.2 Å². The molecule has 1 aromatic carbocycles. The van der Waals surface area contributed by atoms with Crippen molar-refractivity contribution in [1.29, 1.82) is 0 Å². The standard InChI is InChI=1S/C11H12N2O2S/c1-10-7-8-13(16(14,15)12-10)9-11-5-3-2-4-6-11/h2-8H,9H2,1H3. The van der Waals surface area contributed by atoms with Gasteiger partial charge in [-0.05, 0) is 18.6 Å². The van der Waals surface area contributed by atoms with Gasteiger partial charge in [0.05, 0.1) is 12.3 Å². The van der Waals surface area contributed by atoms with Gasteiger partial charge in [0.25, 0.3) is 0 Å². The van der Waals surface area contributed by atoms with E-state index in [1.54, 1.807) is 19.2 Å². The molecule has 0 bridgehead atoms. The minimum atomic E-state index is -3.54. The lowest BCUT2D eigenvalue weighted by atomic mass is 10.2. The lowest BCUT2D eigenvalue weighted by Gasteiger charge is -2.20. The summed E-state index contributed by atoms with van der Waals surface area (Å²) in [5, 5.41) is 0. The summed E-state index contributed by atoms with van der Waals surface area (Å²) in [5.74, 6) is 0. The van der Waals surface area contributed by atoms with Gasteiger partial charge in [-0.1, -0.05) is 30.3 Å². The van der Waals surface area contributed by atoms with Gasteiger partial charge in [0.1, 0.15) is 0 Å². The molecule has 0 aliphatic carbocycles. The Morgan fingerprint density at radius 2 is 1.94 bits per heavy atom. The maximum Gasteiger partial charge on any atom is 0.344 e. The first-order valence-electron chi connectivity index (χ1n) is 4.88. The van der Waals surface area contributed by atoms with E-state index in [0.717, 1.165) is 5.56 Å². The number of rotatable bonds is 2. The highest BCUT2D eigenvalue weighted by atomic mass is 32.2. The summed E-state index contributed by atoms with van der Waals surface area (Å²) < 4.78 is 28.2. The molecule has 0 N–H and O–H groups in total. The van der Waals surface area contributed by atoms with Gasteiger partial charge in [-0.2, -0.15) is 12.8 Å². The zero-order valence-corrected chi connectivity index (χ0v) is 9.68. The molecule has 0 atom stereocenters. The summed E-state index contributed by atoms with van der Waals surface area (Å²) >= 11 is 0. The van der Waals surface area contributed by atoms with Crippen LogP contribution >= 0.6 is 0 Å². The second-order valence-electron chi connectivity index (χ2n) is 3.56. The van der Waals surface area contributed by atoms with E-state index >= 15 is 0 Å². The molecule has 0 fully saturated rings. The Kier molecular flexibility index (Phi) is 2.78. The highest BCUT2D eigenvalue weighted by Gasteiger charge is 2.20. The summed E-state index contributed by atoms with van der Waals surface area (Å²) in [5.41, 5.74) is 1.44. The molecule has 0 spiro atoms. The van der Waals surface area contributed by atoms with Crippen molar-refractivity contribution in [3.8, 4) is 0 Å². The van der Waals surface area contributed by atoms with Gasteiger partial charge >= 0.3 is 10.2 Å². The van der Waals surface area contributed by atoms with E-state index in [-0.39, 0.29) is 0 Å². The third-order valence-electron chi connectivity index (χ3n) is 2.22. The van der Waals surface area contributed by atoms with Crippen molar-refractivity contribution < 1.29 is 8.42 Å². The lowest BCUT2D eigenvalue weighted by molar-refractivity contribution is 0.495. The predicted molar refractivity (Wildman–Crippen MR) is 63.2 cm³/mol. The second kappa shape index (κ2) is 4.09. The summed E-state index contributed by atoms with van der Waals surface area (Å²) in [6.07, 6.45) is 3.23. The van der Waals surface area contributed by atoms with Crippen LogP contribution in [0.15, 0.2) is 47.0 Å². The fraction of sp³-hybridized carbons (Fsp3) is 0.182. The van der Waals surface area contributed by atoms with E-state index < -0.39 is 10.2 Å². The molecule has 2 rings (SSSR count). The highest BCUT2D eigenvalue weighted by molar-refractivity contribution is 7.88. The molecule has 1 aromatic rings. The molecule has 0 amide bonds. The van der Waals surface area contributed by atoms with Crippen LogP contribution < -0.4 is 0 Å². The first-order chi connectivity index (χ1) is 7.58. The van der Waals surface area contributed by atoms with E-state index in [1.807, 2.05) is 30.3 Å². The van der Waals surface area contributed by atoms with Crippen LogP contribution in [-0.4, -0.2) is 18.4 Å². The smallest absolute Gasteiger partial charge is 0.254 e. The molecule has 0 unspecified atom stereocenters. The molecular weight excluding hydrogens is 224 g/mol. The van der Waals surface area contributed by atoms with Crippen LogP contribution in [0.3, 0.4) is 0 Å². The van der Waals surface area contributed by atoms with E-state index in [1.165, 1.54) is 4.31 Å². The summed E-state index contributed by atoms with van der Waals surface area (Å²) in [7, 11) is -3.54. The monoisotopic (exact) mass is 236 g/mol. The van der Waals surface area contributed by atoms with Gasteiger partial charge in [0.15, 0.2) is 0 Å². The molecule has 0 saturated heterocycles. The van der Waals surface area contributed by atoms with Crippen LogP contribution in [0.4, 0.5) is 0 Å². The Balaban J connectivity index is 2.22. The molecule has 4 nitrogen and oxygen atoms in total. The minimum Gasteiger partial charge on any atom is -0.254 e. The van der Waals surface area contributed by atoms with Crippen LogP contribution in [0.1, 0.15) is 12.5 Å². The average molecular weight is 236 g/mol. The van der Waals surface area contributed by atoms with Crippen molar-refractivity contribution in [1.82, 2.24) is 4.31 Å². The zero-order chi connectivity index (χ0) is 11.6. The maximum absolute atomic E-state index is 11.7.